The van der Waals surface area contributed by atoms with Gasteiger partial charge in [0.1, 0.15) is 5.82 Å². The fourth-order valence-corrected chi connectivity index (χ4v) is 3.79. The van der Waals surface area contributed by atoms with Crippen LogP contribution in [-0.2, 0) is 0 Å². The number of fused-ring (bicyclic) bond motifs is 1. The van der Waals surface area contributed by atoms with Gasteiger partial charge in [0.15, 0.2) is 0 Å². The first-order chi connectivity index (χ1) is 14.5. The highest BCUT2D eigenvalue weighted by Crippen LogP contribution is 2.20. The molecule has 0 radical (unpaired) electrons. The lowest BCUT2D eigenvalue weighted by Crippen LogP contribution is -2.29. The van der Waals surface area contributed by atoms with Crippen LogP contribution in [0.5, 0.6) is 0 Å². The molecule has 2 aromatic carbocycles. The van der Waals surface area contributed by atoms with E-state index in [0.29, 0.717) is 22.5 Å². The summed E-state index contributed by atoms with van der Waals surface area (Å²) in [6.45, 7) is 5.30. The van der Waals surface area contributed by atoms with Crippen molar-refractivity contribution in [1.29, 1.82) is 5.26 Å². The van der Waals surface area contributed by atoms with Gasteiger partial charge in [0.25, 0.3) is 11.8 Å². The predicted molar refractivity (Wildman–Crippen MR) is 113 cm³/mol. The quantitative estimate of drug-likeness (QED) is 0.699. The normalized spacial score (nSPS) is 14.5. The van der Waals surface area contributed by atoms with Crippen molar-refractivity contribution in [1.82, 2.24) is 20.2 Å². The first-order valence-corrected chi connectivity index (χ1v) is 10.1. The molecule has 30 heavy (non-hydrogen) atoms. The number of aromatic nitrogens is 2. The molecule has 1 saturated heterocycles. The largest absolute Gasteiger partial charge is 0.342 e. The maximum absolute atomic E-state index is 12.7. The molecule has 1 unspecified atom stereocenters. The third-order valence-electron chi connectivity index (χ3n) is 5.50. The maximum atomic E-state index is 12.7. The monoisotopic (exact) mass is 401 g/mol. The molecule has 2 amide bonds. The second kappa shape index (κ2) is 7.99. The first-order valence-electron chi connectivity index (χ1n) is 10.1. The van der Waals surface area contributed by atoms with Crippen LogP contribution in [0.2, 0.25) is 0 Å². The van der Waals surface area contributed by atoms with Crippen LogP contribution in [0.25, 0.3) is 11.0 Å². The molecule has 7 nitrogen and oxygen atoms in total. The SMILES string of the molecule is Cc1cc(C(=O)NC(C)c2nc3ccc(C#N)cc3[nH]2)ccc1C(=O)N1CCCC1. The molecule has 1 aliphatic rings. The number of aromatic amines is 1. The molecule has 4 rings (SSSR count). The van der Waals surface area contributed by atoms with Gasteiger partial charge in [0.2, 0.25) is 0 Å². The summed E-state index contributed by atoms with van der Waals surface area (Å²) in [6.07, 6.45) is 2.09. The van der Waals surface area contributed by atoms with Crippen molar-refractivity contribution in [2.75, 3.05) is 13.1 Å². The number of carbonyl (C=O) groups excluding carboxylic acids is 2. The van der Waals surface area contributed by atoms with Crippen molar-refractivity contribution in [3.63, 3.8) is 0 Å². The third kappa shape index (κ3) is 3.77. The Morgan fingerprint density at radius 2 is 1.97 bits per heavy atom. The number of likely N-dealkylation sites (tertiary alicyclic amines) is 1. The number of nitriles is 1. The Morgan fingerprint density at radius 1 is 1.20 bits per heavy atom. The number of H-pyrrole nitrogens is 1. The highest BCUT2D eigenvalue weighted by atomic mass is 16.2. The summed E-state index contributed by atoms with van der Waals surface area (Å²) < 4.78 is 0. The smallest absolute Gasteiger partial charge is 0.254 e. The summed E-state index contributed by atoms with van der Waals surface area (Å²) >= 11 is 0. The minimum atomic E-state index is -0.346. The summed E-state index contributed by atoms with van der Waals surface area (Å²) in [4.78, 5) is 34.9. The maximum Gasteiger partial charge on any atom is 0.254 e. The lowest BCUT2D eigenvalue weighted by Gasteiger charge is -2.17. The molecule has 152 valence electrons. The van der Waals surface area contributed by atoms with Gasteiger partial charge in [0, 0.05) is 24.2 Å². The van der Waals surface area contributed by atoms with Crippen LogP contribution in [0.4, 0.5) is 0 Å². The average Bonchev–Trinajstić information content (AvgIpc) is 3.42. The molecule has 0 spiro atoms. The number of hydrogen-bond donors (Lipinski definition) is 2. The van der Waals surface area contributed by atoms with Crippen molar-refractivity contribution in [3.05, 3.63) is 64.5 Å². The van der Waals surface area contributed by atoms with E-state index in [-0.39, 0.29) is 17.9 Å². The van der Waals surface area contributed by atoms with E-state index in [2.05, 4.69) is 21.4 Å². The Balaban J connectivity index is 1.48. The van der Waals surface area contributed by atoms with E-state index >= 15 is 0 Å². The Hall–Kier alpha value is -3.66. The highest BCUT2D eigenvalue weighted by Gasteiger charge is 2.22. The van der Waals surface area contributed by atoms with Crippen LogP contribution in [0.3, 0.4) is 0 Å². The Labute approximate surface area is 174 Å². The fourth-order valence-electron chi connectivity index (χ4n) is 3.79. The van der Waals surface area contributed by atoms with Gasteiger partial charge in [-0.1, -0.05) is 0 Å². The number of benzene rings is 2. The van der Waals surface area contributed by atoms with Crippen molar-refractivity contribution in [2.45, 2.75) is 32.7 Å². The van der Waals surface area contributed by atoms with Crippen molar-refractivity contribution >= 4 is 22.8 Å². The Kier molecular flexibility index (Phi) is 5.23. The van der Waals surface area contributed by atoms with E-state index < -0.39 is 0 Å². The molecule has 0 saturated carbocycles. The molecule has 1 aliphatic heterocycles. The number of rotatable bonds is 4. The molecule has 2 N–H and O–H groups in total. The molecular formula is C23H23N5O2. The van der Waals surface area contributed by atoms with E-state index in [0.717, 1.165) is 42.5 Å². The van der Waals surface area contributed by atoms with Crippen molar-refractivity contribution in [3.8, 4) is 6.07 Å². The number of aryl methyl sites for hydroxylation is 1. The van der Waals surface area contributed by atoms with E-state index in [1.165, 1.54) is 0 Å². The summed E-state index contributed by atoms with van der Waals surface area (Å²) in [5.74, 6) is 0.416. The van der Waals surface area contributed by atoms with E-state index in [9.17, 15) is 9.59 Å². The lowest BCUT2D eigenvalue weighted by molar-refractivity contribution is 0.0791. The van der Waals surface area contributed by atoms with E-state index in [4.69, 9.17) is 5.26 Å². The Bertz CT molecular complexity index is 1170. The number of carbonyl (C=O) groups is 2. The second-order valence-electron chi connectivity index (χ2n) is 7.69. The van der Waals surface area contributed by atoms with E-state index in [1.807, 2.05) is 18.7 Å². The molecule has 7 heteroatoms. The van der Waals surface area contributed by atoms with Gasteiger partial charge in [-0.2, -0.15) is 5.26 Å². The summed E-state index contributed by atoms with van der Waals surface area (Å²) in [7, 11) is 0. The van der Waals surface area contributed by atoms with Crippen molar-refractivity contribution < 1.29 is 9.59 Å². The van der Waals surface area contributed by atoms with Gasteiger partial charge in [-0.25, -0.2) is 4.98 Å². The fraction of sp³-hybridized carbons (Fsp3) is 0.304. The molecule has 2 heterocycles. The number of hydrogen-bond acceptors (Lipinski definition) is 4. The average molecular weight is 401 g/mol. The van der Waals surface area contributed by atoms with Crippen LogP contribution < -0.4 is 5.32 Å². The summed E-state index contributed by atoms with van der Waals surface area (Å²) in [5, 5.41) is 12.0. The topological polar surface area (TPSA) is 102 Å². The molecule has 0 bridgehead atoms. The third-order valence-corrected chi connectivity index (χ3v) is 5.50. The van der Waals surface area contributed by atoms with Gasteiger partial charge < -0.3 is 15.2 Å². The highest BCUT2D eigenvalue weighted by molar-refractivity contribution is 5.99. The summed E-state index contributed by atoms with van der Waals surface area (Å²) in [5.41, 5.74) is 3.98. The zero-order valence-corrected chi connectivity index (χ0v) is 17.0. The zero-order chi connectivity index (χ0) is 21.3. The van der Waals surface area contributed by atoms with Crippen LogP contribution in [0.15, 0.2) is 36.4 Å². The molecule has 1 aromatic heterocycles. The first kappa shape index (κ1) is 19.6. The van der Waals surface area contributed by atoms with Gasteiger partial charge in [0.05, 0.1) is 28.7 Å². The number of imidazole rings is 1. The van der Waals surface area contributed by atoms with Gasteiger partial charge in [-0.3, -0.25) is 9.59 Å². The number of nitrogens with zero attached hydrogens (tertiary/aromatic N) is 3. The molecule has 3 aromatic rings. The number of amides is 2. The summed E-state index contributed by atoms with van der Waals surface area (Å²) in [6, 6.07) is 12.2. The molecule has 1 fully saturated rings. The lowest BCUT2D eigenvalue weighted by atomic mass is 10.0. The molecule has 1 atom stereocenters. The van der Waals surface area contributed by atoms with Crippen LogP contribution in [-0.4, -0.2) is 39.8 Å². The minimum absolute atomic E-state index is 0.0318. The molecular weight excluding hydrogens is 378 g/mol. The molecule has 0 aliphatic carbocycles. The van der Waals surface area contributed by atoms with Gasteiger partial charge in [-0.05, 0) is 68.7 Å². The second-order valence-corrected chi connectivity index (χ2v) is 7.69. The Morgan fingerprint density at radius 3 is 2.67 bits per heavy atom. The van der Waals surface area contributed by atoms with Gasteiger partial charge >= 0.3 is 0 Å². The van der Waals surface area contributed by atoms with E-state index in [1.54, 1.807) is 36.4 Å². The standard InChI is InChI=1S/C23H23N5O2/c1-14-11-17(6-7-18(14)23(30)28-9-3-4-10-28)22(29)25-15(2)21-26-19-8-5-16(13-24)12-20(19)27-21/h5-8,11-12,15H,3-4,9-10H2,1-2H3,(H,25,29)(H,26,27). The minimum Gasteiger partial charge on any atom is -0.342 e. The van der Waals surface area contributed by atoms with Crippen LogP contribution in [0.1, 0.15) is 63.5 Å². The van der Waals surface area contributed by atoms with Gasteiger partial charge in [-0.15, -0.1) is 0 Å². The zero-order valence-electron chi connectivity index (χ0n) is 17.0. The number of nitrogens with one attached hydrogen (secondary N) is 2. The predicted octanol–water partition coefficient (Wildman–Crippen LogP) is 3.47. The van der Waals surface area contributed by atoms with Crippen LogP contribution >= 0.6 is 0 Å². The van der Waals surface area contributed by atoms with Crippen LogP contribution in [0, 0.1) is 18.3 Å². The van der Waals surface area contributed by atoms with Crippen molar-refractivity contribution in [2.24, 2.45) is 0 Å².